The third-order valence-electron chi connectivity index (χ3n) is 5.78. The number of amides is 1. The van der Waals surface area contributed by atoms with Gasteiger partial charge in [-0.3, -0.25) is 4.79 Å². The predicted octanol–water partition coefficient (Wildman–Crippen LogP) is 2.83. The number of nitrogens with one attached hydrogen (secondary N) is 1. The molecule has 158 valence electrons. The number of hydrogen-bond donors (Lipinski definition) is 2. The van der Waals surface area contributed by atoms with Crippen molar-refractivity contribution < 1.29 is 14.7 Å². The van der Waals surface area contributed by atoms with Crippen LogP contribution in [-0.4, -0.2) is 63.6 Å². The van der Waals surface area contributed by atoms with E-state index in [4.69, 9.17) is 16.6 Å². The van der Waals surface area contributed by atoms with E-state index in [1.54, 1.807) is 25.3 Å². The molecule has 1 fully saturated rings. The Morgan fingerprint density at radius 1 is 1.20 bits per heavy atom. The summed E-state index contributed by atoms with van der Waals surface area (Å²) in [6, 6.07) is 5.07. The normalized spacial score (nSPS) is 23.1. The molecule has 1 amide bonds. The molecule has 8 nitrogen and oxygen atoms in total. The summed E-state index contributed by atoms with van der Waals surface area (Å²) >= 11 is 6.14. The number of carbonyl (C=O) groups excluding carboxylic acids is 1. The average molecular weight is 430 g/mol. The molecule has 2 N–H and O–H groups in total. The number of fused-ring (bicyclic) bond motifs is 1. The van der Waals surface area contributed by atoms with Gasteiger partial charge in [-0.15, -0.1) is 0 Å². The number of nitrogens with zero attached hydrogens (tertiary/aromatic N) is 4. The SMILES string of the molecule is CC(=O)N1[C@H](C)CN(c2cc(C(=O)O)cc(C3CNc4ncc(Cl)cc43)n2)C[C@@H]1C. The molecule has 30 heavy (non-hydrogen) atoms. The van der Waals surface area contributed by atoms with Crippen LogP contribution in [0, 0.1) is 0 Å². The molecule has 0 bridgehead atoms. The molecule has 0 saturated carbocycles. The third-order valence-corrected chi connectivity index (χ3v) is 5.98. The van der Waals surface area contributed by atoms with Crippen LogP contribution in [0.1, 0.15) is 48.3 Å². The number of carboxylic acid groups (broad SMARTS) is 1. The van der Waals surface area contributed by atoms with Gasteiger partial charge in [0.2, 0.25) is 5.91 Å². The van der Waals surface area contributed by atoms with Gasteiger partial charge in [-0.05, 0) is 32.0 Å². The molecule has 1 unspecified atom stereocenters. The Morgan fingerprint density at radius 3 is 2.53 bits per heavy atom. The van der Waals surface area contributed by atoms with Crippen molar-refractivity contribution in [1.29, 1.82) is 0 Å². The van der Waals surface area contributed by atoms with Crippen molar-refractivity contribution in [2.24, 2.45) is 0 Å². The zero-order valence-corrected chi connectivity index (χ0v) is 17.8. The predicted molar refractivity (Wildman–Crippen MR) is 114 cm³/mol. The fraction of sp³-hybridized carbons (Fsp3) is 0.429. The Hall–Kier alpha value is -2.87. The van der Waals surface area contributed by atoms with E-state index < -0.39 is 5.97 Å². The first-order chi connectivity index (χ1) is 14.2. The number of aromatic nitrogens is 2. The van der Waals surface area contributed by atoms with E-state index in [1.807, 2.05) is 24.8 Å². The summed E-state index contributed by atoms with van der Waals surface area (Å²) < 4.78 is 0. The minimum Gasteiger partial charge on any atom is -0.478 e. The van der Waals surface area contributed by atoms with E-state index >= 15 is 0 Å². The fourth-order valence-corrected chi connectivity index (χ4v) is 4.74. The van der Waals surface area contributed by atoms with Crippen LogP contribution < -0.4 is 10.2 Å². The van der Waals surface area contributed by atoms with Gasteiger partial charge in [0.15, 0.2) is 0 Å². The molecule has 9 heteroatoms. The summed E-state index contributed by atoms with van der Waals surface area (Å²) in [5.41, 5.74) is 1.76. The van der Waals surface area contributed by atoms with Crippen molar-refractivity contribution in [2.75, 3.05) is 29.9 Å². The fourth-order valence-electron chi connectivity index (χ4n) is 4.57. The third kappa shape index (κ3) is 3.67. The maximum Gasteiger partial charge on any atom is 0.335 e. The molecule has 4 rings (SSSR count). The van der Waals surface area contributed by atoms with Gasteiger partial charge in [-0.1, -0.05) is 11.6 Å². The molecule has 2 aliphatic heterocycles. The molecule has 0 radical (unpaired) electrons. The number of anilines is 2. The van der Waals surface area contributed by atoms with Crippen molar-refractivity contribution in [3.63, 3.8) is 0 Å². The summed E-state index contributed by atoms with van der Waals surface area (Å²) in [6.45, 7) is 7.32. The molecule has 4 heterocycles. The Bertz CT molecular complexity index is 1000. The molecule has 2 aliphatic rings. The Morgan fingerprint density at radius 2 is 1.90 bits per heavy atom. The molecule has 0 spiro atoms. The molecule has 2 aromatic heterocycles. The monoisotopic (exact) mass is 429 g/mol. The lowest BCUT2D eigenvalue weighted by atomic mass is 9.97. The first-order valence-corrected chi connectivity index (χ1v) is 10.3. The molecular formula is C21H24ClN5O3. The van der Waals surface area contributed by atoms with Crippen molar-refractivity contribution in [1.82, 2.24) is 14.9 Å². The van der Waals surface area contributed by atoms with Crippen LogP contribution in [0.5, 0.6) is 0 Å². The summed E-state index contributed by atoms with van der Waals surface area (Å²) in [4.78, 5) is 36.9. The van der Waals surface area contributed by atoms with Gasteiger partial charge in [-0.25, -0.2) is 14.8 Å². The number of halogens is 1. The highest BCUT2D eigenvalue weighted by Gasteiger charge is 2.33. The van der Waals surface area contributed by atoms with Gasteiger partial charge in [0.05, 0.1) is 16.3 Å². The lowest BCUT2D eigenvalue weighted by Gasteiger charge is -2.44. The standard InChI is InChI=1S/C21H24ClN5O3/c1-11-9-26(10-12(2)27(11)13(3)28)19-5-14(21(29)30)4-18(25-19)17-8-24-20-16(17)6-15(22)7-23-20/h4-7,11-12,17H,8-10H2,1-3H3,(H,23,24)(H,29,30)/t11-,12+,17?. The zero-order chi connectivity index (χ0) is 21.6. The van der Waals surface area contributed by atoms with E-state index in [0.717, 1.165) is 11.4 Å². The van der Waals surface area contributed by atoms with Gasteiger partial charge in [0.1, 0.15) is 11.6 Å². The van der Waals surface area contributed by atoms with Crippen molar-refractivity contribution in [2.45, 2.75) is 38.8 Å². The molecule has 2 aromatic rings. The molecule has 0 aliphatic carbocycles. The second-order valence-electron chi connectivity index (χ2n) is 8.00. The van der Waals surface area contributed by atoms with Gasteiger partial charge in [0.25, 0.3) is 0 Å². The minimum absolute atomic E-state index is 0.00173. The van der Waals surface area contributed by atoms with E-state index in [9.17, 15) is 14.7 Å². The topological polar surface area (TPSA) is 98.7 Å². The maximum atomic E-state index is 12.0. The van der Waals surface area contributed by atoms with Crippen LogP contribution in [0.3, 0.4) is 0 Å². The van der Waals surface area contributed by atoms with E-state index in [1.165, 1.54) is 0 Å². The van der Waals surface area contributed by atoms with Gasteiger partial charge in [0, 0.05) is 56.3 Å². The van der Waals surface area contributed by atoms with Crippen LogP contribution in [0.4, 0.5) is 11.6 Å². The zero-order valence-electron chi connectivity index (χ0n) is 17.1. The van der Waals surface area contributed by atoms with Gasteiger partial charge in [-0.2, -0.15) is 0 Å². The first-order valence-electron chi connectivity index (χ1n) is 9.93. The lowest BCUT2D eigenvalue weighted by Crippen LogP contribution is -2.58. The summed E-state index contributed by atoms with van der Waals surface area (Å²) in [6.07, 6.45) is 1.58. The van der Waals surface area contributed by atoms with E-state index in [0.29, 0.717) is 36.2 Å². The minimum atomic E-state index is -1.00. The number of carbonyl (C=O) groups is 2. The number of carboxylic acids is 1. The Labute approximate surface area is 179 Å². The lowest BCUT2D eigenvalue weighted by molar-refractivity contribution is -0.133. The molecule has 1 saturated heterocycles. The molecular weight excluding hydrogens is 406 g/mol. The highest BCUT2D eigenvalue weighted by Crippen LogP contribution is 2.36. The molecule has 0 aromatic carbocycles. The van der Waals surface area contributed by atoms with Crippen LogP contribution in [-0.2, 0) is 4.79 Å². The Balaban J connectivity index is 1.71. The van der Waals surface area contributed by atoms with E-state index in [-0.39, 0.29) is 29.5 Å². The number of piperazine rings is 1. The van der Waals surface area contributed by atoms with Crippen LogP contribution in [0.25, 0.3) is 0 Å². The van der Waals surface area contributed by atoms with E-state index in [2.05, 4.69) is 15.2 Å². The smallest absolute Gasteiger partial charge is 0.335 e. The van der Waals surface area contributed by atoms with Crippen molar-refractivity contribution in [3.8, 4) is 0 Å². The largest absolute Gasteiger partial charge is 0.478 e. The van der Waals surface area contributed by atoms with Gasteiger partial charge < -0.3 is 20.2 Å². The Kier molecular flexibility index (Phi) is 5.27. The number of pyridine rings is 2. The highest BCUT2D eigenvalue weighted by atomic mass is 35.5. The average Bonchev–Trinajstić information content (AvgIpc) is 3.09. The van der Waals surface area contributed by atoms with Crippen molar-refractivity contribution in [3.05, 3.63) is 46.2 Å². The number of hydrogen-bond acceptors (Lipinski definition) is 6. The summed E-state index contributed by atoms with van der Waals surface area (Å²) in [5.74, 6) is 0.248. The number of aromatic carboxylic acids is 1. The second kappa shape index (κ2) is 7.75. The maximum absolute atomic E-state index is 12.0. The first kappa shape index (κ1) is 20.4. The highest BCUT2D eigenvalue weighted by molar-refractivity contribution is 6.30. The van der Waals surface area contributed by atoms with Crippen LogP contribution >= 0.6 is 11.6 Å². The summed E-state index contributed by atoms with van der Waals surface area (Å²) in [7, 11) is 0. The van der Waals surface area contributed by atoms with Crippen molar-refractivity contribution >= 4 is 35.1 Å². The van der Waals surface area contributed by atoms with Crippen LogP contribution in [0.2, 0.25) is 5.02 Å². The summed E-state index contributed by atoms with van der Waals surface area (Å²) in [5, 5.41) is 13.5. The number of rotatable bonds is 3. The van der Waals surface area contributed by atoms with Gasteiger partial charge >= 0.3 is 5.97 Å². The quantitative estimate of drug-likeness (QED) is 0.773. The van der Waals surface area contributed by atoms with Crippen LogP contribution in [0.15, 0.2) is 24.4 Å². The molecule has 3 atom stereocenters. The second-order valence-corrected chi connectivity index (χ2v) is 8.43.